The zero-order chi connectivity index (χ0) is 24.4. The first kappa shape index (κ1) is 21.8. The molecule has 0 bridgehead atoms. The van der Waals surface area contributed by atoms with Crippen LogP contribution in [0.1, 0.15) is 15.9 Å². The number of nitrogens with one attached hydrogen (secondary N) is 1. The summed E-state index contributed by atoms with van der Waals surface area (Å²) in [6, 6.07) is 29.5. The van der Waals surface area contributed by atoms with E-state index < -0.39 is 4.92 Å². The number of aromatic hydroxyl groups is 1. The highest BCUT2D eigenvalue weighted by molar-refractivity contribution is 6.09. The van der Waals surface area contributed by atoms with Gasteiger partial charge in [0.15, 0.2) is 5.78 Å². The van der Waals surface area contributed by atoms with E-state index in [1.165, 1.54) is 18.2 Å². The third-order valence-electron chi connectivity index (χ3n) is 5.65. The topological polar surface area (TPSA) is 109 Å². The van der Waals surface area contributed by atoms with Crippen molar-refractivity contribution in [3.8, 4) is 39.7 Å². The third kappa shape index (κ3) is 4.30. The Morgan fingerprint density at radius 2 is 1.46 bits per heavy atom. The molecule has 0 radical (unpaired) electrons. The van der Waals surface area contributed by atoms with Gasteiger partial charge in [-0.05, 0) is 12.1 Å². The fourth-order valence-electron chi connectivity index (χ4n) is 3.91. The number of nitro benzene ring substituents is 1. The van der Waals surface area contributed by atoms with Crippen molar-refractivity contribution in [1.29, 1.82) is 0 Å². The fraction of sp³-hybridized carbons (Fsp3) is 0. The van der Waals surface area contributed by atoms with Crippen molar-refractivity contribution < 1.29 is 14.8 Å². The number of phenolic OH excluding ortho intramolecular Hbond substituents is 1. The lowest BCUT2D eigenvalue weighted by molar-refractivity contribution is -0.384. The first-order chi connectivity index (χ1) is 17.0. The number of carbonyl (C=O) groups is 1. The maximum absolute atomic E-state index is 13.0. The van der Waals surface area contributed by atoms with E-state index in [0.29, 0.717) is 28.1 Å². The summed E-state index contributed by atoms with van der Waals surface area (Å²) in [6.07, 6.45) is 0. The summed E-state index contributed by atoms with van der Waals surface area (Å²) in [5.74, 6) is 0.0316. The van der Waals surface area contributed by atoms with Gasteiger partial charge in [0.1, 0.15) is 11.6 Å². The predicted molar refractivity (Wildman–Crippen MR) is 133 cm³/mol. The Bertz CT molecular complexity index is 1540. The van der Waals surface area contributed by atoms with Gasteiger partial charge in [-0.2, -0.15) is 0 Å². The zero-order valence-corrected chi connectivity index (χ0v) is 18.4. The van der Waals surface area contributed by atoms with Gasteiger partial charge < -0.3 is 10.1 Å². The van der Waals surface area contributed by atoms with Crippen LogP contribution in [0.15, 0.2) is 103 Å². The van der Waals surface area contributed by atoms with Crippen LogP contribution in [0.4, 0.5) is 5.69 Å². The van der Waals surface area contributed by atoms with E-state index in [1.807, 2.05) is 54.6 Å². The second kappa shape index (κ2) is 9.07. The lowest BCUT2D eigenvalue weighted by atomic mass is 9.99. The molecule has 35 heavy (non-hydrogen) atoms. The Morgan fingerprint density at radius 1 is 0.800 bits per heavy atom. The van der Waals surface area contributed by atoms with Gasteiger partial charge in [0.25, 0.3) is 5.69 Å². The van der Waals surface area contributed by atoms with Gasteiger partial charge in [0, 0.05) is 34.4 Å². The largest absolute Gasteiger partial charge is 0.507 e. The molecule has 0 saturated heterocycles. The number of imidazole rings is 1. The molecule has 7 nitrogen and oxygen atoms in total. The minimum Gasteiger partial charge on any atom is -0.507 e. The smallest absolute Gasteiger partial charge is 0.270 e. The van der Waals surface area contributed by atoms with Crippen LogP contribution in [-0.2, 0) is 0 Å². The highest BCUT2D eigenvalue weighted by atomic mass is 16.6. The molecule has 1 aromatic heterocycles. The van der Waals surface area contributed by atoms with Crippen LogP contribution in [-0.4, -0.2) is 25.8 Å². The molecule has 0 saturated carbocycles. The van der Waals surface area contributed by atoms with E-state index in [4.69, 9.17) is 4.98 Å². The highest BCUT2D eigenvalue weighted by Crippen LogP contribution is 2.37. The maximum atomic E-state index is 13.0. The molecule has 0 aliphatic carbocycles. The molecule has 0 unspecified atom stereocenters. The molecule has 1 heterocycles. The number of benzene rings is 4. The quantitative estimate of drug-likeness (QED) is 0.176. The number of phenols is 1. The van der Waals surface area contributed by atoms with Crippen molar-refractivity contribution in [2.24, 2.45) is 0 Å². The highest BCUT2D eigenvalue weighted by Gasteiger charge is 2.20. The van der Waals surface area contributed by atoms with E-state index in [2.05, 4.69) is 4.98 Å². The predicted octanol–water partition coefficient (Wildman–Crippen LogP) is 6.26. The fourth-order valence-corrected chi connectivity index (χ4v) is 3.91. The minimum atomic E-state index is -0.524. The average molecular weight is 461 g/mol. The summed E-state index contributed by atoms with van der Waals surface area (Å²) in [5.41, 5.74) is 3.89. The van der Waals surface area contributed by atoms with Crippen molar-refractivity contribution in [3.63, 3.8) is 0 Å². The number of ketones is 1. The second-order valence-electron chi connectivity index (χ2n) is 7.91. The number of aromatic amines is 1. The van der Waals surface area contributed by atoms with Gasteiger partial charge in [-0.15, -0.1) is 0 Å². The lowest BCUT2D eigenvalue weighted by Gasteiger charge is -2.06. The Morgan fingerprint density at radius 3 is 2.17 bits per heavy atom. The summed E-state index contributed by atoms with van der Waals surface area (Å²) in [4.78, 5) is 31.7. The summed E-state index contributed by atoms with van der Waals surface area (Å²) in [5, 5.41) is 21.7. The zero-order valence-electron chi connectivity index (χ0n) is 18.4. The van der Waals surface area contributed by atoms with Crippen LogP contribution >= 0.6 is 0 Å². The first-order valence-corrected chi connectivity index (χ1v) is 10.8. The molecule has 0 aliphatic heterocycles. The molecule has 0 aliphatic rings. The second-order valence-corrected chi connectivity index (χ2v) is 7.91. The number of aromatic nitrogens is 2. The SMILES string of the molecule is O=C(c1ccccc1)c1cccc(-c2nc(-c3cc([N+](=O)[O-])ccc3O)[nH]c2-c2ccccc2)c1. The van der Waals surface area contributed by atoms with E-state index in [1.54, 1.807) is 30.3 Å². The van der Waals surface area contributed by atoms with Gasteiger partial charge in [0.05, 0.1) is 21.9 Å². The van der Waals surface area contributed by atoms with E-state index in [0.717, 1.165) is 5.56 Å². The van der Waals surface area contributed by atoms with Crippen LogP contribution in [0, 0.1) is 10.1 Å². The lowest BCUT2D eigenvalue weighted by Crippen LogP contribution is -2.01. The molecule has 7 heteroatoms. The summed E-state index contributed by atoms with van der Waals surface area (Å²) in [6.45, 7) is 0. The minimum absolute atomic E-state index is 0.110. The standard InChI is InChI=1S/C28H19N3O4/c32-24-15-14-22(31(34)35)17-23(24)28-29-25(18-8-3-1-4-9-18)26(30-28)20-12-7-13-21(16-20)27(33)19-10-5-2-6-11-19/h1-17,32H,(H,29,30). The van der Waals surface area contributed by atoms with Crippen molar-refractivity contribution >= 4 is 11.5 Å². The monoisotopic (exact) mass is 461 g/mol. The number of rotatable bonds is 6. The third-order valence-corrected chi connectivity index (χ3v) is 5.65. The van der Waals surface area contributed by atoms with Gasteiger partial charge in [-0.3, -0.25) is 14.9 Å². The van der Waals surface area contributed by atoms with Crippen molar-refractivity contribution in [2.75, 3.05) is 0 Å². The molecular weight excluding hydrogens is 442 g/mol. The molecule has 4 aromatic carbocycles. The normalized spacial score (nSPS) is 10.7. The summed E-state index contributed by atoms with van der Waals surface area (Å²) < 4.78 is 0. The average Bonchev–Trinajstić information content (AvgIpc) is 3.35. The van der Waals surface area contributed by atoms with E-state index >= 15 is 0 Å². The Balaban J connectivity index is 1.66. The molecule has 0 spiro atoms. The van der Waals surface area contributed by atoms with Crippen LogP contribution in [0.3, 0.4) is 0 Å². The van der Waals surface area contributed by atoms with Crippen LogP contribution in [0.5, 0.6) is 5.75 Å². The van der Waals surface area contributed by atoms with Gasteiger partial charge in [-0.25, -0.2) is 4.98 Å². The van der Waals surface area contributed by atoms with E-state index in [9.17, 15) is 20.0 Å². The van der Waals surface area contributed by atoms with Crippen molar-refractivity contribution in [1.82, 2.24) is 9.97 Å². The molecule has 0 amide bonds. The number of non-ortho nitro benzene ring substituents is 1. The Labute approximate surface area is 200 Å². The molecule has 0 atom stereocenters. The van der Waals surface area contributed by atoms with Gasteiger partial charge >= 0.3 is 0 Å². The van der Waals surface area contributed by atoms with Crippen molar-refractivity contribution in [2.45, 2.75) is 0 Å². The maximum Gasteiger partial charge on any atom is 0.270 e. The summed E-state index contributed by atoms with van der Waals surface area (Å²) >= 11 is 0. The Hall–Kier alpha value is -5.04. The van der Waals surface area contributed by atoms with Crippen LogP contribution in [0.25, 0.3) is 33.9 Å². The number of hydrogen-bond donors (Lipinski definition) is 2. The Kier molecular flexibility index (Phi) is 5.65. The molecule has 2 N–H and O–H groups in total. The summed E-state index contributed by atoms with van der Waals surface area (Å²) in [7, 11) is 0. The van der Waals surface area contributed by atoms with Crippen LogP contribution < -0.4 is 0 Å². The van der Waals surface area contributed by atoms with E-state index in [-0.39, 0.29) is 28.6 Å². The van der Waals surface area contributed by atoms with Gasteiger partial charge in [-0.1, -0.05) is 78.9 Å². The number of hydrogen-bond acceptors (Lipinski definition) is 5. The molecular formula is C28H19N3O4. The number of nitrogens with zero attached hydrogens (tertiary/aromatic N) is 2. The number of H-pyrrole nitrogens is 1. The van der Waals surface area contributed by atoms with Crippen LogP contribution in [0.2, 0.25) is 0 Å². The number of nitro groups is 1. The molecule has 5 aromatic rings. The van der Waals surface area contributed by atoms with Crippen molar-refractivity contribution in [3.05, 3.63) is 124 Å². The first-order valence-electron chi connectivity index (χ1n) is 10.8. The number of carbonyl (C=O) groups excluding carboxylic acids is 1. The molecule has 5 rings (SSSR count). The molecule has 0 fully saturated rings. The van der Waals surface area contributed by atoms with Gasteiger partial charge in [0.2, 0.25) is 0 Å². The molecule has 170 valence electrons.